The molecule has 0 amide bonds. The highest BCUT2D eigenvalue weighted by Gasteiger charge is 2.76. The Hall–Kier alpha value is -1.33. The van der Waals surface area contributed by atoms with Crippen molar-refractivity contribution in [2.24, 2.45) is 0 Å². The van der Waals surface area contributed by atoms with Crippen LogP contribution in [0.15, 0.2) is 24.3 Å². The van der Waals surface area contributed by atoms with Crippen LogP contribution in [-0.2, 0) is 16.6 Å². The summed E-state index contributed by atoms with van der Waals surface area (Å²) in [7, 11) is 3.83. The van der Waals surface area contributed by atoms with Gasteiger partial charge in [0.1, 0.15) is 0 Å². The Morgan fingerprint density at radius 1 is 1.42 bits per heavy atom. The molecule has 2 aliphatic heterocycles. The van der Waals surface area contributed by atoms with E-state index in [1.54, 1.807) is 13.2 Å². The van der Waals surface area contributed by atoms with Crippen LogP contribution in [0.5, 0.6) is 11.5 Å². The summed E-state index contributed by atoms with van der Waals surface area (Å²) in [4.78, 5) is 15.4. The molecule has 0 radical (unpaired) electrons. The normalized spacial score (nSPS) is 41.8. The zero-order valence-electron chi connectivity index (χ0n) is 14.1. The molecule has 5 heteroatoms. The van der Waals surface area contributed by atoms with E-state index in [1.807, 2.05) is 13.0 Å². The smallest absolute Gasteiger partial charge is 0.199 e. The molecule has 4 nitrogen and oxygen atoms in total. The van der Waals surface area contributed by atoms with Crippen molar-refractivity contribution in [1.29, 1.82) is 0 Å². The van der Waals surface area contributed by atoms with E-state index in [4.69, 9.17) is 9.47 Å². The third-order valence-electron chi connectivity index (χ3n) is 6.85. The number of carbonyl (C=O) groups excluding carboxylic acids is 1. The van der Waals surface area contributed by atoms with Crippen molar-refractivity contribution in [3.63, 3.8) is 0 Å². The molecular formula is C19H20BrNO3. The van der Waals surface area contributed by atoms with Crippen molar-refractivity contribution in [1.82, 2.24) is 4.90 Å². The molecule has 2 bridgehead atoms. The molecule has 1 aromatic rings. The van der Waals surface area contributed by atoms with Crippen LogP contribution in [0.1, 0.15) is 24.5 Å². The molecule has 4 atom stereocenters. The molecule has 126 valence electrons. The lowest BCUT2D eigenvalue weighted by Crippen LogP contribution is -2.75. The van der Waals surface area contributed by atoms with Crippen LogP contribution < -0.4 is 9.47 Å². The quantitative estimate of drug-likeness (QED) is 0.692. The van der Waals surface area contributed by atoms with Crippen molar-refractivity contribution in [2.45, 2.75) is 41.1 Å². The molecule has 2 aliphatic carbocycles. The number of nitrogens with zero attached hydrogens (tertiary/aromatic N) is 1. The monoisotopic (exact) mass is 389 g/mol. The summed E-state index contributed by atoms with van der Waals surface area (Å²) in [5.41, 5.74) is 1.18. The van der Waals surface area contributed by atoms with Gasteiger partial charge in [0.2, 0.25) is 0 Å². The summed E-state index contributed by atoms with van der Waals surface area (Å²) in [5.74, 6) is 1.53. The number of alkyl halides is 1. The molecule has 4 aliphatic rings. The van der Waals surface area contributed by atoms with Gasteiger partial charge in [-0.05, 0) is 51.1 Å². The van der Waals surface area contributed by atoms with E-state index >= 15 is 0 Å². The fraction of sp³-hybridized carbons (Fsp3) is 0.526. The summed E-state index contributed by atoms with van der Waals surface area (Å²) in [5, 5.41) is 0. The number of ether oxygens (including phenoxy) is 2. The van der Waals surface area contributed by atoms with E-state index in [0.717, 1.165) is 30.9 Å². The Balaban J connectivity index is 1.93. The third kappa shape index (κ3) is 1.29. The lowest BCUT2D eigenvalue weighted by atomic mass is 9.49. The molecule has 1 saturated heterocycles. The predicted octanol–water partition coefficient (Wildman–Crippen LogP) is 2.62. The summed E-state index contributed by atoms with van der Waals surface area (Å²) in [6, 6.07) is 4.42. The van der Waals surface area contributed by atoms with E-state index < -0.39 is 5.60 Å². The Kier molecular flexibility index (Phi) is 2.65. The topological polar surface area (TPSA) is 38.8 Å². The first-order chi connectivity index (χ1) is 11.4. The number of benzene rings is 1. The fourth-order valence-corrected chi connectivity index (χ4v) is 7.05. The van der Waals surface area contributed by atoms with Gasteiger partial charge in [0, 0.05) is 11.6 Å². The maximum Gasteiger partial charge on any atom is 0.199 e. The summed E-state index contributed by atoms with van der Waals surface area (Å²) >= 11 is 4.10. The average Bonchev–Trinajstić information content (AvgIpc) is 2.84. The Morgan fingerprint density at radius 2 is 2.21 bits per heavy atom. The van der Waals surface area contributed by atoms with Gasteiger partial charge in [-0.2, -0.15) is 0 Å². The van der Waals surface area contributed by atoms with E-state index in [-0.39, 0.29) is 15.5 Å². The maximum absolute atomic E-state index is 13.0. The molecule has 0 aromatic heterocycles. The third-order valence-corrected chi connectivity index (χ3v) is 8.32. The van der Waals surface area contributed by atoms with Crippen LogP contribution >= 0.6 is 15.9 Å². The Labute approximate surface area is 149 Å². The standard InChI is InChI=1S/C19H20BrNO3/c1-17-14(22)6-7-19(20)13-10-11-4-5-12(23-3)16(24-17)15(11)18(17,19)8-9-21(13)2/h4-7,13H,8-10H2,1-3H3. The number of methoxy groups -OCH3 is 1. The average molecular weight is 390 g/mol. The molecule has 1 fully saturated rings. The lowest BCUT2D eigenvalue weighted by Gasteiger charge is -2.62. The molecule has 4 unspecified atom stereocenters. The SMILES string of the molecule is COc1ccc2c3c1OC1(C)C(=O)C=CC4(Br)C(C2)N(C)CCC314. The second-order valence-corrected chi connectivity index (χ2v) is 8.90. The molecular weight excluding hydrogens is 370 g/mol. The number of hydrogen-bond donors (Lipinski definition) is 0. The van der Waals surface area contributed by atoms with Crippen LogP contribution in [0.25, 0.3) is 0 Å². The van der Waals surface area contributed by atoms with E-state index in [0.29, 0.717) is 6.04 Å². The first-order valence-electron chi connectivity index (χ1n) is 8.41. The molecule has 0 saturated carbocycles. The van der Waals surface area contributed by atoms with E-state index in [2.05, 4.69) is 40.0 Å². The number of hydrogen-bond acceptors (Lipinski definition) is 4. The van der Waals surface area contributed by atoms with Crippen molar-refractivity contribution in [3.05, 3.63) is 35.4 Å². The van der Waals surface area contributed by atoms with E-state index in [1.165, 1.54) is 11.1 Å². The second kappa shape index (κ2) is 4.25. The Bertz CT molecular complexity index is 821. The van der Waals surface area contributed by atoms with Gasteiger partial charge in [0.05, 0.1) is 16.8 Å². The molecule has 1 spiro atoms. The van der Waals surface area contributed by atoms with Crippen molar-refractivity contribution < 1.29 is 14.3 Å². The molecule has 1 aromatic carbocycles. The molecule has 5 rings (SSSR count). The van der Waals surface area contributed by atoms with Gasteiger partial charge >= 0.3 is 0 Å². The highest BCUT2D eigenvalue weighted by molar-refractivity contribution is 9.10. The van der Waals surface area contributed by atoms with Crippen LogP contribution in [0, 0.1) is 0 Å². The number of halogens is 1. The summed E-state index contributed by atoms with van der Waals surface area (Å²) in [6.07, 6.45) is 5.61. The number of rotatable bonds is 1. The first kappa shape index (κ1) is 15.0. The predicted molar refractivity (Wildman–Crippen MR) is 94.2 cm³/mol. The summed E-state index contributed by atoms with van der Waals surface area (Å²) < 4.78 is 11.7. The van der Waals surface area contributed by atoms with Gasteiger partial charge in [-0.1, -0.05) is 28.1 Å². The van der Waals surface area contributed by atoms with Crippen molar-refractivity contribution in [3.8, 4) is 11.5 Å². The number of likely N-dealkylation sites (tertiary alicyclic amines) is 1. The van der Waals surface area contributed by atoms with Crippen LogP contribution in [0.3, 0.4) is 0 Å². The van der Waals surface area contributed by atoms with Crippen LogP contribution in [-0.4, -0.2) is 47.4 Å². The number of carbonyl (C=O) groups is 1. The first-order valence-corrected chi connectivity index (χ1v) is 9.20. The minimum Gasteiger partial charge on any atom is -0.493 e. The highest BCUT2D eigenvalue weighted by atomic mass is 79.9. The molecule has 24 heavy (non-hydrogen) atoms. The highest BCUT2D eigenvalue weighted by Crippen LogP contribution is 2.69. The van der Waals surface area contributed by atoms with E-state index in [9.17, 15) is 4.79 Å². The molecule has 0 N–H and O–H groups in total. The Morgan fingerprint density at radius 3 is 2.96 bits per heavy atom. The second-order valence-electron chi connectivity index (χ2n) is 7.59. The zero-order chi connectivity index (χ0) is 16.9. The largest absolute Gasteiger partial charge is 0.493 e. The number of ketones is 1. The summed E-state index contributed by atoms with van der Waals surface area (Å²) in [6.45, 7) is 2.92. The minimum atomic E-state index is -0.892. The van der Waals surface area contributed by atoms with Crippen molar-refractivity contribution in [2.75, 3.05) is 20.7 Å². The van der Waals surface area contributed by atoms with Crippen LogP contribution in [0.2, 0.25) is 0 Å². The van der Waals surface area contributed by atoms with Gasteiger partial charge in [-0.25, -0.2) is 0 Å². The van der Waals surface area contributed by atoms with Gasteiger partial charge in [0.25, 0.3) is 0 Å². The molecule has 2 heterocycles. The minimum absolute atomic E-state index is 0.0481. The van der Waals surface area contributed by atoms with Gasteiger partial charge in [0.15, 0.2) is 22.9 Å². The van der Waals surface area contributed by atoms with Gasteiger partial charge < -0.3 is 14.4 Å². The maximum atomic E-state index is 13.0. The fourth-order valence-electron chi connectivity index (χ4n) is 5.63. The lowest BCUT2D eigenvalue weighted by molar-refractivity contribution is -0.138. The zero-order valence-corrected chi connectivity index (χ0v) is 15.6. The number of likely N-dealkylation sites (N-methyl/N-ethyl adjacent to an activating group) is 1. The van der Waals surface area contributed by atoms with Gasteiger partial charge in [-0.3, -0.25) is 4.79 Å². The number of piperidine rings is 1. The van der Waals surface area contributed by atoms with Gasteiger partial charge in [-0.15, -0.1) is 0 Å². The van der Waals surface area contributed by atoms with Crippen molar-refractivity contribution >= 4 is 21.7 Å². The van der Waals surface area contributed by atoms with Crippen LogP contribution in [0.4, 0.5) is 0 Å².